The molecule has 3 heterocycles. The van der Waals surface area contributed by atoms with Crippen LogP contribution >= 0.6 is 11.3 Å². The molecule has 202 valence electrons. The van der Waals surface area contributed by atoms with E-state index < -0.39 is 8.07 Å². The number of aromatic nitrogens is 4. The third-order valence-corrected chi connectivity index (χ3v) is 11.3. The second kappa shape index (κ2) is 9.44. The van der Waals surface area contributed by atoms with Gasteiger partial charge in [-0.1, -0.05) is 104 Å². The van der Waals surface area contributed by atoms with E-state index >= 15 is 0 Å². The van der Waals surface area contributed by atoms with Gasteiger partial charge in [0.05, 0.1) is 19.1 Å². The fourth-order valence-electron chi connectivity index (χ4n) is 5.96. The van der Waals surface area contributed by atoms with Gasteiger partial charge in [0.2, 0.25) is 0 Å². The summed E-state index contributed by atoms with van der Waals surface area (Å²) in [4.78, 5) is 13.9. The molecule has 0 aliphatic rings. The second-order valence-electron chi connectivity index (χ2n) is 11.8. The molecule has 4 nitrogen and oxygen atoms in total. The van der Waals surface area contributed by atoms with Crippen LogP contribution in [-0.2, 0) is 0 Å². The fourth-order valence-corrected chi connectivity index (χ4v) is 8.52. The molecule has 8 rings (SSSR count). The molecule has 0 aliphatic carbocycles. The van der Waals surface area contributed by atoms with Gasteiger partial charge in [-0.05, 0) is 30.3 Å². The summed E-state index contributed by atoms with van der Waals surface area (Å²) in [6, 6.07) is 39.0. The predicted molar refractivity (Wildman–Crippen MR) is 181 cm³/mol. The summed E-state index contributed by atoms with van der Waals surface area (Å²) in [6.45, 7) is 7.25. The van der Waals surface area contributed by atoms with E-state index in [9.17, 15) is 0 Å². The van der Waals surface area contributed by atoms with Gasteiger partial charge in [-0.2, -0.15) is 0 Å². The molecule has 42 heavy (non-hydrogen) atoms. The first-order valence-electron chi connectivity index (χ1n) is 14.2. The van der Waals surface area contributed by atoms with Crippen molar-refractivity contribution in [2.24, 2.45) is 0 Å². The Hall–Kier alpha value is -4.65. The summed E-state index contributed by atoms with van der Waals surface area (Å²) in [5.74, 6) is 1.34. The van der Waals surface area contributed by atoms with Crippen LogP contribution < -0.4 is 5.19 Å². The van der Waals surface area contributed by atoms with Crippen LogP contribution in [0.15, 0.2) is 116 Å². The number of thiophene rings is 1. The molecule has 0 saturated heterocycles. The molecule has 8 aromatic rings. The van der Waals surface area contributed by atoms with Crippen molar-refractivity contribution >= 4 is 66.6 Å². The van der Waals surface area contributed by atoms with Crippen LogP contribution in [0.5, 0.6) is 0 Å². The van der Waals surface area contributed by atoms with Gasteiger partial charge in [-0.25, -0.2) is 15.0 Å². The molecule has 6 heteroatoms. The third kappa shape index (κ3) is 3.98. The first-order chi connectivity index (χ1) is 20.5. The second-order valence-corrected chi connectivity index (χ2v) is 17.9. The van der Waals surface area contributed by atoms with E-state index in [4.69, 9.17) is 4.98 Å². The lowest BCUT2D eigenvalue weighted by molar-refractivity contribution is 1.06. The van der Waals surface area contributed by atoms with E-state index in [1.165, 1.54) is 41.6 Å². The van der Waals surface area contributed by atoms with Gasteiger partial charge < -0.3 is 4.57 Å². The highest BCUT2D eigenvalue weighted by atomic mass is 32.1. The van der Waals surface area contributed by atoms with E-state index in [1.54, 1.807) is 6.33 Å². The number of hydrogen-bond donors (Lipinski definition) is 0. The lowest BCUT2D eigenvalue weighted by atomic mass is 10.1. The van der Waals surface area contributed by atoms with Gasteiger partial charge >= 0.3 is 0 Å². The summed E-state index contributed by atoms with van der Waals surface area (Å²) in [5, 5.41) is 6.70. The van der Waals surface area contributed by atoms with Crippen molar-refractivity contribution in [2.75, 3.05) is 0 Å². The molecule has 0 N–H and O–H groups in total. The Kier molecular flexibility index (Phi) is 5.64. The van der Waals surface area contributed by atoms with Crippen LogP contribution in [-0.4, -0.2) is 27.6 Å². The Labute approximate surface area is 249 Å². The predicted octanol–water partition coefficient (Wildman–Crippen LogP) is 9.22. The maximum absolute atomic E-state index is 4.86. The molecule has 5 aromatic carbocycles. The topological polar surface area (TPSA) is 43.6 Å². The number of benzene rings is 5. The minimum Gasteiger partial charge on any atom is -0.309 e. The minimum absolute atomic E-state index is 0.668. The molecule has 0 atom stereocenters. The van der Waals surface area contributed by atoms with Crippen LogP contribution in [0.2, 0.25) is 19.6 Å². The van der Waals surface area contributed by atoms with Crippen molar-refractivity contribution < 1.29 is 0 Å². The Bertz CT molecular complexity index is 2280. The van der Waals surface area contributed by atoms with Gasteiger partial charge in [0.25, 0.3) is 0 Å². The molecule has 0 bridgehead atoms. The van der Waals surface area contributed by atoms with Gasteiger partial charge in [-0.3, -0.25) is 0 Å². The normalized spacial score (nSPS) is 12.2. The highest BCUT2D eigenvalue weighted by molar-refractivity contribution is 7.27. The lowest BCUT2D eigenvalue weighted by Gasteiger charge is -2.16. The quantitative estimate of drug-likeness (QED) is 0.196. The number of hydrogen-bond acceptors (Lipinski definition) is 4. The molecule has 0 spiro atoms. The summed E-state index contributed by atoms with van der Waals surface area (Å²) < 4.78 is 5.09. The first-order valence-corrected chi connectivity index (χ1v) is 18.5. The number of nitrogens with zero attached hydrogens (tertiary/aromatic N) is 4. The van der Waals surface area contributed by atoms with E-state index in [0.29, 0.717) is 11.6 Å². The molecule has 0 saturated carbocycles. The maximum Gasteiger partial charge on any atom is 0.163 e. The maximum atomic E-state index is 4.86. The van der Waals surface area contributed by atoms with Crippen molar-refractivity contribution in [3.63, 3.8) is 0 Å². The first kappa shape index (κ1) is 25.1. The Morgan fingerprint density at radius 1 is 0.619 bits per heavy atom. The largest absolute Gasteiger partial charge is 0.309 e. The Morgan fingerprint density at radius 3 is 2.07 bits per heavy atom. The third-order valence-electron chi connectivity index (χ3n) is 8.11. The summed E-state index contributed by atoms with van der Waals surface area (Å²) in [6.07, 6.45) is 1.61. The van der Waals surface area contributed by atoms with Crippen LogP contribution in [0.1, 0.15) is 0 Å². The Balaban J connectivity index is 1.41. The van der Waals surface area contributed by atoms with Crippen LogP contribution in [0, 0.1) is 0 Å². The molecular weight excluding hydrogens is 549 g/mol. The molecule has 0 fully saturated rings. The zero-order valence-corrected chi connectivity index (χ0v) is 25.5. The van der Waals surface area contributed by atoms with Gasteiger partial charge in [-0.15, -0.1) is 11.3 Å². The van der Waals surface area contributed by atoms with Crippen molar-refractivity contribution in [1.82, 2.24) is 19.5 Å². The van der Waals surface area contributed by atoms with Gasteiger partial charge in [0, 0.05) is 47.8 Å². The molecule has 0 unspecified atom stereocenters. The van der Waals surface area contributed by atoms with Crippen LogP contribution in [0.25, 0.3) is 70.4 Å². The molecule has 3 aromatic heterocycles. The molecule has 0 amide bonds. The number of para-hydroxylation sites is 1. The average Bonchev–Trinajstić information content (AvgIpc) is 3.56. The summed E-state index contributed by atoms with van der Waals surface area (Å²) in [5.41, 5.74) is 5.43. The fraction of sp³-hybridized carbons (Fsp3) is 0.0833. The van der Waals surface area contributed by atoms with Crippen molar-refractivity contribution in [3.8, 4) is 28.5 Å². The Morgan fingerprint density at radius 2 is 1.31 bits per heavy atom. The van der Waals surface area contributed by atoms with E-state index in [2.05, 4.69) is 113 Å². The molecule has 0 aliphatic heterocycles. The smallest absolute Gasteiger partial charge is 0.163 e. The summed E-state index contributed by atoms with van der Waals surface area (Å²) in [7, 11) is -1.42. The highest BCUT2D eigenvalue weighted by Gasteiger charge is 2.21. The standard InChI is InChI=1S/C36H28N4SSi/c1-42(2,3)26-15-17-27-28-18-19-30-33(34(28)41-32(27)21-26)29-16-14-24(20-31(29)40(30)25-12-8-5-9-13-25)36-38-22-37-35(39-36)23-10-6-4-7-11-23/h4-22H,1-3H3. The molecule has 0 radical (unpaired) electrons. The highest BCUT2D eigenvalue weighted by Crippen LogP contribution is 2.43. The van der Waals surface area contributed by atoms with E-state index in [-0.39, 0.29) is 0 Å². The monoisotopic (exact) mass is 576 g/mol. The van der Waals surface area contributed by atoms with Gasteiger partial charge in [0.15, 0.2) is 11.6 Å². The van der Waals surface area contributed by atoms with E-state index in [1.807, 2.05) is 41.7 Å². The molecular formula is C36H28N4SSi. The average molecular weight is 577 g/mol. The minimum atomic E-state index is -1.42. The zero-order valence-electron chi connectivity index (χ0n) is 23.7. The number of rotatable bonds is 4. The summed E-state index contributed by atoms with van der Waals surface area (Å²) >= 11 is 1.92. The lowest BCUT2D eigenvalue weighted by Crippen LogP contribution is -2.37. The van der Waals surface area contributed by atoms with Crippen LogP contribution in [0.4, 0.5) is 0 Å². The van der Waals surface area contributed by atoms with Gasteiger partial charge in [0.1, 0.15) is 6.33 Å². The SMILES string of the molecule is C[Si](C)(C)c1ccc2c(c1)sc1c2ccc2c1c1ccc(-c3ncnc(-c4ccccc4)n3)cc1n2-c1ccccc1. The zero-order chi connectivity index (χ0) is 28.4. The van der Waals surface area contributed by atoms with Crippen molar-refractivity contribution in [2.45, 2.75) is 19.6 Å². The number of fused-ring (bicyclic) bond motifs is 7. The van der Waals surface area contributed by atoms with Crippen molar-refractivity contribution in [3.05, 3.63) is 116 Å². The van der Waals surface area contributed by atoms with E-state index in [0.717, 1.165) is 22.3 Å². The van der Waals surface area contributed by atoms with Crippen LogP contribution in [0.3, 0.4) is 0 Å². The van der Waals surface area contributed by atoms with Crippen molar-refractivity contribution in [1.29, 1.82) is 0 Å².